The fraction of sp³-hybridized carbons (Fsp3) is 0.462. The quantitative estimate of drug-likeness (QED) is 0.891. The van der Waals surface area contributed by atoms with E-state index < -0.39 is 0 Å². The number of carbonyl (C=O) groups excluding carboxylic acids is 1. The van der Waals surface area contributed by atoms with Gasteiger partial charge in [-0.15, -0.1) is 0 Å². The van der Waals surface area contributed by atoms with Gasteiger partial charge in [0.2, 0.25) is 0 Å². The van der Waals surface area contributed by atoms with Gasteiger partial charge in [0.1, 0.15) is 5.69 Å². The summed E-state index contributed by atoms with van der Waals surface area (Å²) in [6.07, 6.45) is 3.41. The summed E-state index contributed by atoms with van der Waals surface area (Å²) in [5, 5.41) is 11.2. The number of carbonyl (C=O) groups is 1. The van der Waals surface area contributed by atoms with Gasteiger partial charge in [-0.2, -0.15) is 10.2 Å². The predicted octanol–water partition coefficient (Wildman–Crippen LogP) is 1.82. The van der Waals surface area contributed by atoms with Crippen LogP contribution in [0.1, 0.15) is 43.0 Å². The first-order valence-electron chi connectivity index (χ1n) is 6.62. The van der Waals surface area contributed by atoms with Crippen molar-refractivity contribution in [2.75, 3.05) is 11.1 Å². The fourth-order valence-corrected chi connectivity index (χ4v) is 1.94. The smallest absolute Gasteiger partial charge is 0.276 e. The lowest BCUT2D eigenvalue weighted by atomic mass is 10.3. The molecule has 0 saturated heterocycles. The molecule has 0 bridgehead atoms. The molecule has 2 rings (SSSR count). The Morgan fingerprint density at radius 2 is 2.20 bits per heavy atom. The van der Waals surface area contributed by atoms with E-state index in [1.54, 1.807) is 28.7 Å². The van der Waals surface area contributed by atoms with Gasteiger partial charge in [0.25, 0.3) is 5.91 Å². The summed E-state index contributed by atoms with van der Waals surface area (Å²) in [6, 6.07) is 0.245. The maximum atomic E-state index is 12.3. The zero-order valence-electron chi connectivity index (χ0n) is 12.2. The Balaban J connectivity index is 2.23. The maximum Gasteiger partial charge on any atom is 0.276 e. The van der Waals surface area contributed by atoms with E-state index in [1.165, 1.54) is 0 Å². The van der Waals surface area contributed by atoms with Crippen LogP contribution in [0.3, 0.4) is 0 Å². The molecular weight excluding hydrogens is 256 g/mol. The van der Waals surface area contributed by atoms with Crippen molar-refractivity contribution in [3.05, 3.63) is 23.8 Å². The summed E-state index contributed by atoms with van der Waals surface area (Å²) in [7, 11) is 0. The minimum Gasteiger partial charge on any atom is -0.395 e. The molecule has 0 spiro atoms. The van der Waals surface area contributed by atoms with Gasteiger partial charge in [-0.3, -0.25) is 14.2 Å². The Morgan fingerprint density at radius 1 is 1.50 bits per heavy atom. The molecule has 2 aromatic rings. The average molecular weight is 276 g/mol. The zero-order chi connectivity index (χ0) is 14.9. The van der Waals surface area contributed by atoms with Crippen molar-refractivity contribution < 1.29 is 4.79 Å². The van der Waals surface area contributed by atoms with E-state index in [-0.39, 0.29) is 11.9 Å². The van der Waals surface area contributed by atoms with Crippen LogP contribution >= 0.6 is 0 Å². The van der Waals surface area contributed by atoms with E-state index in [2.05, 4.69) is 15.5 Å². The normalized spacial score (nSPS) is 11.1. The number of nitrogen functional groups attached to an aromatic ring is 1. The molecule has 2 aromatic heterocycles. The van der Waals surface area contributed by atoms with Crippen LogP contribution in [0.25, 0.3) is 0 Å². The van der Waals surface area contributed by atoms with Crippen molar-refractivity contribution in [2.24, 2.45) is 0 Å². The molecule has 7 heteroatoms. The van der Waals surface area contributed by atoms with Crippen LogP contribution in [-0.2, 0) is 6.54 Å². The molecule has 0 aliphatic carbocycles. The molecule has 0 fully saturated rings. The molecule has 0 aliphatic heterocycles. The largest absolute Gasteiger partial charge is 0.395 e. The molecule has 7 nitrogen and oxygen atoms in total. The number of anilines is 2. The van der Waals surface area contributed by atoms with Crippen molar-refractivity contribution in [1.29, 1.82) is 0 Å². The van der Waals surface area contributed by atoms with Crippen molar-refractivity contribution in [3.63, 3.8) is 0 Å². The number of aromatic nitrogens is 4. The first-order valence-corrected chi connectivity index (χ1v) is 6.62. The average Bonchev–Trinajstić information content (AvgIpc) is 2.95. The van der Waals surface area contributed by atoms with Gasteiger partial charge in [-0.1, -0.05) is 0 Å². The second-order valence-corrected chi connectivity index (χ2v) is 4.92. The Kier molecular flexibility index (Phi) is 3.78. The highest BCUT2D eigenvalue weighted by Gasteiger charge is 2.19. The third kappa shape index (κ3) is 2.52. The number of nitrogens with one attached hydrogen (secondary N) is 1. The van der Waals surface area contributed by atoms with Gasteiger partial charge < -0.3 is 11.1 Å². The Labute approximate surface area is 117 Å². The minimum atomic E-state index is -0.270. The van der Waals surface area contributed by atoms with Crippen LogP contribution in [0.5, 0.6) is 0 Å². The lowest BCUT2D eigenvalue weighted by Crippen LogP contribution is -2.18. The summed E-state index contributed by atoms with van der Waals surface area (Å²) in [6.45, 7) is 8.33. The Hall–Kier alpha value is -2.31. The summed E-state index contributed by atoms with van der Waals surface area (Å²) in [5.41, 5.74) is 8.04. The van der Waals surface area contributed by atoms with Gasteiger partial charge in [-0.05, 0) is 27.7 Å². The number of aryl methyl sites for hydroxylation is 2. The van der Waals surface area contributed by atoms with Gasteiger partial charge >= 0.3 is 0 Å². The van der Waals surface area contributed by atoms with Crippen LogP contribution in [0.4, 0.5) is 11.4 Å². The van der Waals surface area contributed by atoms with Gasteiger partial charge in [0, 0.05) is 18.8 Å². The third-order valence-corrected chi connectivity index (χ3v) is 3.08. The first-order chi connectivity index (χ1) is 9.43. The standard InChI is InChI=1S/C13H20N6O/c1-5-18-12(11(14)9(4)17-18)13(20)16-10-6-15-19(7-10)8(2)3/h6-8H,5,14H2,1-4H3,(H,16,20). The molecular formula is C13H20N6O. The SMILES string of the molecule is CCn1nc(C)c(N)c1C(=O)Nc1cnn(C(C)C)c1. The third-order valence-electron chi connectivity index (χ3n) is 3.08. The van der Waals surface area contributed by atoms with Gasteiger partial charge in [0.15, 0.2) is 0 Å². The summed E-state index contributed by atoms with van der Waals surface area (Å²) in [4.78, 5) is 12.3. The molecule has 0 radical (unpaired) electrons. The highest BCUT2D eigenvalue weighted by atomic mass is 16.2. The van der Waals surface area contributed by atoms with Crippen LogP contribution in [0.15, 0.2) is 12.4 Å². The van der Waals surface area contributed by atoms with Crippen molar-refractivity contribution in [3.8, 4) is 0 Å². The second-order valence-electron chi connectivity index (χ2n) is 4.92. The van der Waals surface area contributed by atoms with Crippen LogP contribution in [0, 0.1) is 6.92 Å². The molecule has 1 amide bonds. The molecule has 0 aliphatic rings. The highest BCUT2D eigenvalue weighted by molar-refractivity contribution is 6.06. The monoisotopic (exact) mass is 276 g/mol. The number of rotatable bonds is 4. The van der Waals surface area contributed by atoms with E-state index in [0.29, 0.717) is 29.3 Å². The lowest BCUT2D eigenvalue weighted by molar-refractivity contribution is 0.101. The summed E-state index contributed by atoms with van der Waals surface area (Å²) >= 11 is 0. The maximum absolute atomic E-state index is 12.3. The van der Waals surface area contributed by atoms with Crippen molar-refractivity contribution in [1.82, 2.24) is 19.6 Å². The fourth-order valence-electron chi connectivity index (χ4n) is 1.94. The Bertz CT molecular complexity index is 625. The molecule has 0 atom stereocenters. The molecule has 0 unspecified atom stereocenters. The number of hydrogen-bond acceptors (Lipinski definition) is 4. The first kappa shape index (κ1) is 14.1. The zero-order valence-corrected chi connectivity index (χ0v) is 12.2. The van der Waals surface area contributed by atoms with Crippen molar-refractivity contribution >= 4 is 17.3 Å². The van der Waals surface area contributed by atoms with Gasteiger partial charge in [0.05, 0.1) is 23.3 Å². The number of amides is 1. The number of nitrogens with two attached hydrogens (primary N) is 1. The molecule has 0 saturated carbocycles. The lowest BCUT2D eigenvalue weighted by Gasteiger charge is -2.06. The van der Waals surface area contributed by atoms with Crippen LogP contribution < -0.4 is 11.1 Å². The molecule has 20 heavy (non-hydrogen) atoms. The molecule has 2 heterocycles. The second kappa shape index (κ2) is 5.36. The van der Waals surface area contributed by atoms with E-state index in [1.807, 2.05) is 20.8 Å². The Morgan fingerprint density at radius 3 is 2.75 bits per heavy atom. The summed E-state index contributed by atoms with van der Waals surface area (Å²) < 4.78 is 3.38. The van der Waals surface area contributed by atoms with E-state index in [4.69, 9.17) is 5.73 Å². The van der Waals surface area contributed by atoms with Crippen molar-refractivity contribution in [2.45, 2.75) is 40.3 Å². The molecule has 0 aromatic carbocycles. The number of hydrogen-bond donors (Lipinski definition) is 2. The van der Waals surface area contributed by atoms with E-state index >= 15 is 0 Å². The van der Waals surface area contributed by atoms with Crippen LogP contribution in [-0.4, -0.2) is 25.5 Å². The minimum absolute atomic E-state index is 0.245. The van der Waals surface area contributed by atoms with E-state index in [0.717, 1.165) is 0 Å². The predicted molar refractivity (Wildman–Crippen MR) is 77.6 cm³/mol. The summed E-state index contributed by atoms with van der Waals surface area (Å²) in [5.74, 6) is -0.270. The number of nitrogens with zero attached hydrogens (tertiary/aromatic N) is 4. The molecule has 108 valence electrons. The van der Waals surface area contributed by atoms with Crippen LogP contribution in [0.2, 0.25) is 0 Å². The van der Waals surface area contributed by atoms with Gasteiger partial charge in [-0.25, -0.2) is 0 Å². The highest BCUT2D eigenvalue weighted by Crippen LogP contribution is 2.18. The molecule has 3 N–H and O–H groups in total. The van der Waals surface area contributed by atoms with E-state index in [9.17, 15) is 4.79 Å². The topological polar surface area (TPSA) is 90.8 Å².